The molecular formula is C12H16ClNO2. The molecule has 2 N–H and O–H groups in total. The van der Waals surface area contributed by atoms with Crippen LogP contribution in [-0.4, -0.2) is 17.6 Å². The summed E-state index contributed by atoms with van der Waals surface area (Å²) in [6.45, 7) is 4.01. The van der Waals surface area contributed by atoms with Gasteiger partial charge < -0.3 is 10.4 Å². The zero-order valence-corrected chi connectivity index (χ0v) is 10.2. The number of carbonyl (C=O) groups is 1. The summed E-state index contributed by atoms with van der Waals surface area (Å²) in [7, 11) is 0. The Morgan fingerprint density at radius 3 is 2.62 bits per heavy atom. The number of para-hydroxylation sites is 1. The molecule has 1 aromatic rings. The number of hydrogen-bond donors (Lipinski definition) is 2. The lowest BCUT2D eigenvalue weighted by molar-refractivity contribution is -0.147. The van der Waals surface area contributed by atoms with Crippen molar-refractivity contribution in [2.75, 3.05) is 11.9 Å². The fraction of sp³-hybridized carbons (Fsp3) is 0.417. The van der Waals surface area contributed by atoms with Crippen molar-refractivity contribution in [2.45, 2.75) is 20.3 Å². The first-order chi connectivity index (χ1) is 7.43. The van der Waals surface area contributed by atoms with Gasteiger partial charge in [-0.05, 0) is 32.4 Å². The van der Waals surface area contributed by atoms with Gasteiger partial charge in [-0.15, -0.1) is 0 Å². The van der Waals surface area contributed by atoms with E-state index in [1.165, 1.54) is 0 Å². The molecular weight excluding hydrogens is 226 g/mol. The van der Waals surface area contributed by atoms with Crippen LogP contribution in [0.2, 0.25) is 5.02 Å². The van der Waals surface area contributed by atoms with E-state index in [4.69, 9.17) is 16.7 Å². The first-order valence-corrected chi connectivity index (χ1v) is 5.53. The SMILES string of the molecule is CC(C)(CCNc1ccccc1Cl)C(=O)O. The van der Waals surface area contributed by atoms with Gasteiger partial charge >= 0.3 is 5.97 Å². The molecule has 0 fully saturated rings. The van der Waals surface area contributed by atoms with Crippen molar-refractivity contribution in [2.24, 2.45) is 5.41 Å². The van der Waals surface area contributed by atoms with Gasteiger partial charge in [0.1, 0.15) is 0 Å². The Hall–Kier alpha value is -1.22. The minimum atomic E-state index is -0.784. The van der Waals surface area contributed by atoms with Gasteiger partial charge in [0.2, 0.25) is 0 Å². The predicted molar refractivity (Wildman–Crippen MR) is 66.0 cm³/mol. The van der Waals surface area contributed by atoms with E-state index in [1.807, 2.05) is 18.2 Å². The third kappa shape index (κ3) is 3.42. The quantitative estimate of drug-likeness (QED) is 0.832. The highest BCUT2D eigenvalue weighted by atomic mass is 35.5. The van der Waals surface area contributed by atoms with Gasteiger partial charge in [0.05, 0.1) is 16.1 Å². The van der Waals surface area contributed by atoms with Gasteiger partial charge in [-0.25, -0.2) is 0 Å². The van der Waals surface area contributed by atoms with Crippen molar-refractivity contribution < 1.29 is 9.90 Å². The van der Waals surface area contributed by atoms with Crippen LogP contribution < -0.4 is 5.32 Å². The number of nitrogens with one attached hydrogen (secondary N) is 1. The van der Waals surface area contributed by atoms with Gasteiger partial charge in [-0.2, -0.15) is 0 Å². The van der Waals surface area contributed by atoms with Crippen LogP contribution in [0, 0.1) is 5.41 Å². The molecule has 0 aliphatic carbocycles. The molecule has 16 heavy (non-hydrogen) atoms. The monoisotopic (exact) mass is 241 g/mol. The molecule has 0 saturated carbocycles. The Morgan fingerprint density at radius 2 is 2.06 bits per heavy atom. The second-order valence-electron chi connectivity index (χ2n) is 4.35. The number of carboxylic acid groups (broad SMARTS) is 1. The number of rotatable bonds is 5. The number of anilines is 1. The normalized spacial score (nSPS) is 11.2. The number of halogens is 1. The Morgan fingerprint density at radius 1 is 1.44 bits per heavy atom. The highest BCUT2D eigenvalue weighted by Crippen LogP contribution is 2.23. The van der Waals surface area contributed by atoms with Crippen LogP contribution in [0.1, 0.15) is 20.3 Å². The zero-order valence-electron chi connectivity index (χ0n) is 9.46. The average molecular weight is 242 g/mol. The third-order valence-corrected chi connectivity index (χ3v) is 2.85. The molecule has 0 unspecified atom stereocenters. The molecule has 3 nitrogen and oxygen atoms in total. The van der Waals surface area contributed by atoms with E-state index in [9.17, 15) is 4.79 Å². The summed E-state index contributed by atoms with van der Waals surface area (Å²) in [5, 5.41) is 12.7. The van der Waals surface area contributed by atoms with Crippen LogP contribution in [-0.2, 0) is 4.79 Å². The van der Waals surface area contributed by atoms with Crippen LogP contribution >= 0.6 is 11.6 Å². The summed E-state index contributed by atoms with van der Waals surface area (Å²) in [6.07, 6.45) is 0.549. The second kappa shape index (κ2) is 5.21. The van der Waals surface area contributed by atoms with Crippen molar-refractivity contribution >= 4 is 23.3 Å². The fourth-order valence-electron chi connectivity index (χ4n) is 1.22. The molecule has 1 rings (SSSR count). The highest BCUT2D eigenvalue weighted by molar-refractivity contribution is 6.33. The smallest absolute Gasteiger partial charge is 0.309 e. The van der Waals surface area contributed by atoms with Gasteiger partial charge in [0.25, 0.3) is 0 Å². The molecule has 1 aromatic carbocycles. The van der Waals surface area contributed by atoms with E-state index >= 15 is 0 Å². The Kier molecular flexibility index (Phi) is 4.19. The molecule has 0 atom stereocenters. The molecule has 0 aliphatic rings. The summed E-state index contributed by atoms with van der Waals surface area (Å²) in [6, 6.07) is 7.41. The van der Waals surface area contributed by atoms with Crippen LogP contribution in [0.5, 0.6) is 0 Å². The lowest BCUT2D eigenvalue weighted by Crippen LogP contribution is -2.26. The fourth-order valence-corrected chi connectivity index (χ4v) is 1.42. The van der Waals surface area contributed by atoms with E-state index in [1.54, 1.807) is 19.9 Å². The van der Waals surface area contributed by atoms with Gasteiger partial charge in [0.15, 0.2) is 0 Å². The van der Waals surface area contributed by atoms with Crippen LogP contribution in [0.3, 0.4) is 0 Å². The van der Waals surface area contributed by atoms with Gasteiger partial charge in [0, 0.05) is 6.54 Å². The lowest BCUT2D eigenvalue weighted by atomic mass is 9.90. The molecule has 4 heteroatoms. The maximum atomic E-state index is 10.9. The van der Waals surface area contributed by atoms with Crippen molar-refractivity contribution in [1.82, 2.24) is 0 Å². The highest BCUT2D eigenvalue weighted by Gasteiger charge is 2.26. The van der Waals surface area contributed by atoms with E-state index in [-0.39, 0.29) is 0 Å². The zero-order chi connectivity index (χ0) is 12.2. The van der Waals surface area contributed by atoms with E-state index < -0.39 is 11.4 Å². The van der Waals surface area contributed by atoms with E-state index in [0.29, 0.717) is 18.0 Å². The molecule has 0 bridgehead atoms. The Balaban J connectivity index is 2.48. The Labute approximate surface area is 100 Å². The molecule has 0 radical (unpaired) electrons. The molecule has 0 aromatic heterocycles. The van der Waals surface area contributed by atoms with Gasteiger partial charge in [-0.1, -0.05) is 23.7 Å². The first kappa shape index (κ1) is 12.8. The number of hydrogen-bond acceptors (Lipinski definition) is 2. The third-order valence-electron chi connectivity index (χ3n) is 2.52. The molecule has 88 valence electrons. The maximum absolute atomic E-state index is 10.9. The first-order valence-electron chi connectivity index (χ1n) is 5.15. The number of benzene rings is 1. The Bertz CT molecular complexity index is 377. The minimum absolute atomic E-state index is 0.549. The maximum Gasteiger partial charge on any atom is 0.309 e. The molecule has 0 aliphatic heterocycles. The standard InChI is InChI=1S/C12H16ClNO2/c1-12(2,11(15)16)7-8-14-10-6-4-3-5-9(10)13/h3-6,14H,7-8H2,1-2H3,(H,15,16). The van der Waals surface area contributed by atoms with Crippen LogP contribution in [0.25, 0.3) is 0 Å². The predicted octanol–water partition coefficient (Wildman–Crippen LogP) is 3.25. The van der Waals surface area contributed by atoms with Crippen molar-refractivity contribution in [1.29, 1.82) is 0 Å². The summed E-state index contributed by atoms with van der Waals surface area (Å²) < 4.78 is 0. The van der Waals surface area contributed by atoms with Crippen molar-refractivity contribution in [3.8, 4) is 0 Å². The summed E-state index contributed by atoms with van der Waals surface area (Å²) >= 11 is 5.96. The molecule has 0 saturated heterocycles. The molecule has 0 heterocycles. The molecule has 0 spiro atoms. The second-order valence-corrected chi connectivity index (χ2v) is 4.75. The van der Waals surface area contributed by atoms with Gasteiger partial charge in [-0.3, -0.25) is 4.79 Å². The van der Waals surface area contributed by atoms with Crippen LogP contribution in [0.4, 0.5) is 5.69 Å². The summed E-state index contributed by atoms with van der Waals surface area (Å²) in [4.78, 5) is 10.9. The lowest BCUT2D eigenvalue weighted by Gasteiger charge is -2.19. The molecule has 0 amide bonds. The van der Waals surface area contributed by atoms with Crippen molar-refractivity contribution in [3.63, 3.8) is 0 Å². The summed E-state index contributed by atoms with van der Waals surface area (Å²) in [5.74, 6) is -0.784. The number of carboxylic acids is 1. The van der Waals surface area contributed by atoms with Crippen molar-refractivity contribution in [3.05, 3.63) is 29.3 Å². The average Bonchev–Trinajstić information content (AvgIpc) is 2.20. The van der Waals surface area contributed by atoms with E-state index in [0.717, 1.165) is 5.69 Å². The van der Waals surface area contributed by atoms with E-state index in [2.05, 4.69) is 5.32 Å². The minimum Gasteiger partial charge on any atom is -0.481 e. The largest absolute Gasteiger partial charge is 0.481 e. The topological polar surface area (TPSA) is 49.3 Å². The number of aliphatic carboxylic acids is 1. The van der Waals surface area contributed by atoms with Crippen LogP contribution in [0.15, 0.2) is 24.3 Å². The summed E-state index contributed by atoms with van der Waals surface area (Å²) in [5.41, 5.74) is 0.124.